The zero-order valence-electron chi connectivity index (χ0n) is 39.8. The van der Waals surface area contributed by atoms with Gasteiger partial charge in [-0.3, -0.25) is 28.8 Å². The molecule has 5 amide bonds. The molecule has 0 radical (unpaired) electrons. The van der Waals surface area contributed by atoms with Gasteiger partial charge in [0.25, 0.3) is 5.91 Å². The van der Waals surface area contributed by atoms with Gasteiger partial charge in [-0.05, 0) is 88.5 Å². The number of amides is 5. The molecule has 0 saturated carbocycles. The number of para-hydroxylation sites is 1. The van der Waals surface area contributed by atoms with Gasteiger partial charge in [0, 0.05) is 48.2 Å². The van der Waals surface area contributed by atoms with Crippen LogP contribution in [0, 0.1) is 0 Å². The van der Waals surface area contributed by atoms with E-state index in [1.165, 1.54) is 37.5 Å². The predicted octanol–water partition coefficient (Wildman–Crippen LogP) is 8.63. The zero-order valence-corrected chi connectivity index (χ0v) is 44.3. The number of carbonyl (C=O) groups excluding carboxylic acids is 6. The molecule has 7 aromatic rings. The zero-order chi connectivity index (χ0) is 56.2. The lowest BCUT2D eigenvalue weighted by Crippen LogP contribution is -2.53. The number of nitrogens with one attached hydrogen (secondary N) is 5. The number of carboxylic acid groups (broad SMARTS) is 1. The Hall–Kier alpha value is -7.91. The highest BCUT2D eigenvalue weighted by Crippen LogP contribution is 2.45. The summed E-state index contributed by atoms with van der Waals surface area (Å²) in [5.74, 6) is -11.0. The van der Waals surface area contributed by atoms with Crippen LogP contribution in [-0.2, 0) is 41.6 Å². The van der Waals surface area contributed by atoms with Gasteiger partial charge in [0.15, 0.2) is 28.7 Å². The Morgan fingerprint density at radius 1 is 0.615 bits per heavy atom. The highest BCUT2D eigenvalue weighted by atomic mass is 35.5. The fourth-order valence-corrected chi connectivity index (χ4v) is 10.5. The molecule has 3 aliphatic rings. The van der Waals surface area contributed by atoms with Crippen LogP contribution in [0.4, 0.5) is 0 Å². The fourth-order valence-electron chi connectivity index (χ4n) is 9.04. The molecule has 4 heterocycles. The number of aromatic nitrogens is 1. The van der Waals surface area contributed by atoms with E-state index in [2.05, 4.69) is 26.3 Å². The Bertz CT molecular complexity index is 3640. The van der Waals surface area contributed by atoms with Gasteiger partial charge in [0.1, 0.15) is 36.0 Å². The average Bonchev–Trinajstić information content (AvgIpc) is 3.82. The van der Waals surface area contributed by atoms with E-state index in [9.17, 15) is 49.5 Å². The van der Waals surface area contributed by atoms with Gasteiger partial charge < -0.3 is 61.4 Å². The summed E-state index contributed by atoms with van der Waals surface area (Å²) >= 11 is 37.7. The maximum atomic E-state index is 15.4. The van der Waals surface area contributed by atoms with Crippen molar-refractivity contribution >= 4 is 122 Å². The third kappa shape index (κ3) is 10.7. The first-order valence-corrected chi connectivity index (χ1v) is 25.3. The van der Waals surface area contributed by atoms with Crippen molar-refractivity contribution in [2.45, 2.75) is 43.1 Å². The molecule has 0 spiro atoms. The van der Waals surface area contributed by atoms with Crippen LogP contribution < -0.4 is 26.0 Å². The molecule has 0 aliphatic carbocycles. The molecule has 10 rings (SSSR count). The number of hydrogen-bond donors (Lipinski definition) is 10. The number of benzene rings is 6. The van der Waals surface area contributed by atoms with Crippen LogP contribution >= 0.6 is 69.6 Å². The molecular weight excluding hydrogens is 1140 g/mol. The van der Waals surface area contributed by atoms with Crippen LogP contribution in [0.3, 0.4) is 0 Å². The fraction of sp³-hybridized carbons (Fsp3) is 0.151. The number of aromatic hydroxyl groups is 4. The first-order chi connectivity index (χ1) is 37.0. The number of ether oxygens (including phenoxy) is 1. The molecular formula is C53H38Cl6N6O13. The Kier molecular flexibility index (Phi) is 15.4. The topological polar surface area (TPSA) is 297 Å². The van der Waals surface area contributed by atoms with Crippen molar-refractivity contribution in [1.29, 1.82) is 0 Å². The number of likely N-dealkylation sites (N-methyl/N-ethyl adjacent to an activating group) is 1. The number of hydrogen-bond acceptors (Lipinski definition) is 12. The third-order valence-electron chi connectivity index (χ3n) is 13.1. The van der Waals surface area contributed by atoms with Crippen molar-refractivity contribution in [3.05, 3.63) is 161 Å². The lowest BCUT2D eigenvalue weighted by molar-refractivity contribution is -0.150. The maximum absolute atomic E-state index is 15.4. The second-order valence-corrected chi connectivity index (χ2v) is 20.5. The summed E-state index contributed by atoms with van der Waals surface area (Å²) in [4.78, 5) is 105. The van der Waals surface area contributed by atoms with Crippen molar-refractivity contribution in [1.82, 2.24) is 31.2 Å². The number of carbonyl (C=O) groups is 7. The molecule has 3 unspecified atom stereocenters. The van der Waals surface area contributed by atoms with Crippen LogP contribution in [0.1, 0.15) is 56.3 Å². The quantitative estimate of drug-likeness (QED) is 0.0552. The van der Waals surface area contributed by atoms with Crippen molar-refractivity contribution in [2.75, 3.05) is 7.05 Å². The van der Waals surface area contributed by atoms with Crippen LogP contribution in [-0.4, -0.2) is 95.8 Å². The van der Waals surface area contributed by atoms with E-state index in [-0.39, 0.29) is 71.4 Å². The molecule has 25 heteroatoms. The Labute approximate surface area is 470 Å². The summed E-state index contributed by atoms with van der Waals surface area (Å²) in [7, 11) is 1.19. The van der Waals surface area contributed by atoms with Gasteiger partial charge >= 0.3 is 5.97 Å². The number of nitrogens with zero attached hydrogens (tertiary/aromatic N) is 1. The van der Waals surface area contributed by atoms with Gasteiger partial charge in [-0.15, -0.1) is 0 Å². The van der Waals surface area contributed by atoms with E-state index in [0.717, 1.165) is 41.3 Å². The normalized spacial score (nSPS) is 18.9. The van der Waals surface area contributed by atoms with Crippen molar-refractivity contribution < 1.29 is 63.8 Å². The SMILES string of the molecule is CN1C(=O)[C@@H](c2cc(Cl)c(O)c(Cl)c2)NC(=O)C2NC(=O)[C@@H](c3cc(Cl)c(O)c(Cl)c3)NC(=O)C(NC(=O)C(=O)c3cc(Cl)c(O)c(Cl)c3)Cc3c[nH]c4c(cccc34)-c3cc2cc(c3O)Oc2ccc(cc2)CC1C(=O)O. The second-order valence-electron chi connectivity index (χ2n) is 18.0. The van der Waals surface area contributed by atoms with Gasteiger partial charge in [-0.1, -0.05) is 99.9 Å². The van der Waals surface area contributed by atoms with Gasteiger partial charge in [-0.2, -0.15) is 0 Å². The monoisotopic (exact) mass is 1180 g/mol. The number of phenols is 4. The number of phenolic OH excluding ortho intramolecular Hbond substituents is 4. The van der Waals surface area contributed by atoms with E-state index < -0.39 is 111 Å². The van der Waals surface area contributed by atoms with E-state index in [0.29, 0.717) is 22.0 Å². The van der Waals surface area contributed by atoms with Crippen molar-refractivity contribution in [2.24, 2.45) is 0 Å². The number of H-pyrrole nitrogens is 1. The lowest BCUT2D eigenvalue weighted by Gasteiger charge is -2.31. The summed E-state index contributed by atoms with van der Waals surface area (Å²) in [6, 6.07) is 10.7. The minimum Gasteiger partial charge on any atom is -0.505 e. The minimum atomic E-state index is -2.00. The van der Waals surface area contributed by atoms with Crippen molar-refractivity contribution in [3.8, 4) is 45.6 Å². The number of halogens is 6. The van der Waals surface area contributed by atoms with E-state index in [4.69, 9.17) is 74.3 Å². The first-order valence-electron chi connectivity index (χ1n) is 23.0. The van der Waals surface area contributed by atoms with Gasteiger partial charge in [0.2, 0.25) is 29.4 Å². The van der Waals surface area contributed by atoms with Crippen molar-refractivity contribution in [3.63, 3.8) is 0 Å². The first kappa shape index (κ1) is 54.9. The molecule has 0 fully saturated rings. The smallest absolute Gasteiger partial charge is 0.326 e. The molecule has 19 nitrogen and oxygen atoms in total. The van der Waals surface area contributed by atoms with Crippen LogP contribution in [0.5, 0.6) is 34.5 Å². The molecule has 3 aliphatic heterocycles. The number of Topliss-reactive ketones (excluding diaryl/α,β-unsaturated/α-hetero) is 1. The number of carboxylic acids is 1. The largest absolute Gasteiger partial charge is 0.505 e. The highest BCUT2D eigenvalue weighted by molar-refractivity contribution is 6.45. The summed E-state index contributed by atoms with van der Waals surface area (Å²) < 4.78 is 6.31. The summed E-state index contributed by atoms with van der Waals surface area (Å²) in [6.45, 7) is 0. The van der Waals surface area contributed by atoms with Crippen LogP contribution in [0.2, 0.25) is 30.1 Å². The molecule has 0 saturated heterocycles. The van der Waals surface area contributed by atoms with Gasteiger partial charge in [0.05, 0.1) is 35.7 Å². The highest BCUT2D eigenvalue weighted by Gasteiger charge is 2.39. The Morgan fingerprint density at radius 3 is 1.69 bits per heavy atom. The molecule has 9 bridgehead atoms. The Balaban J connectivity index is 1.27. The molecule has 5 atom stereocenters. The van der Waals surface area contributed by atoms with E-state index in [1.54, 1.807) is 30.3 Å². The lowest BCUT2D eigenvalue weighted by atomic mass is 9.94. The molecule has 400 valence electrons. The van der Waals surface area contributed by atoms with Crippen LogP contribution in [0.15, 0.2) is 97.2 Å². The third-order valence-corrected chi connectivity index (χ3v) is 14.8. The number of rotatable bonds is 6. The Morgan fingerprint density at radius 2 is 1.13 bits per heavy atom. The number of fused-ring (bicyclic) bond motifs is 10. The standard InChI is InChI=1S/C53H38Cl6N6O13/c1-65-37(53(76)77)9-20-5-7-26(8-6-20)78-38-18-21-10-29(44(38)67)28-4-2-3-27-25(19-60-42(27)28)17-36(61-51(74)43(66)24-15-34(58)47(70)35(59)16-24)48(71)62-40(22-11-30(54)45(68)31(55)12-22)49(72)63-39(21)50(73)64-41(52(65)75)23-13-32(56)46(69)33(57)14-23/h2-8,10-16,18-19,36-37,39-41,60,67-70H,9,17H2,1H3,(H,61,74)(H,62,71)(H,63,72)(H,64,73)(H,76,77)/t36?,37?,39?,40-,41-/m1/s1. The summed E-state index contributed by atoms with van der Waals surface area (Å²) in [6.07, 6.45) is 0.849. The number of aromatic amines is 1. The maximum Gasteiger partial charge on any atom is 0.326 e. The van der Waals surface area contributed by atoms with Gasteiger partial charge in [-0.25, -0.2) is 4.79 Å². The molecule has 1 aromatic heterocycles. The van der Waals surface area contributed by atoms with E-state index >= 15 is 9.59 Å². The summed E-state index contributed by atoms with van der Waals surface area (Å²) in [5, 5.41) is 62.4. The van der Waals surface area contributed by atoms with E-state index in [1.807, 2.05) is 0 Å². The number of ketones is 1. The number of aliphatic carboxylic acids is 1. The minimum absolute atomic E-state index is 0.000524. The summed E-state index contributed by atoms with van der Waals surface area (Å²) in [5.41, 5.74) is 0.520. The molecule has 6 aromatic carbocycles. The average molecular weight is 1180 g/mol. The van der Waals surface area contributed by atoms with Crippen LogP contribution in [0.25, 0.3) is 22.0 Å². The predicted molar refractivity (Wildman–Crippen MR) is 287 cm³/mol. The molecule has 78 heavy (non-hydrogen) atoms. The molecule has 10 N–H and O–H groups in total. The second kappa shape index (κ2) is 21.8.